The molecule has 0 amide bonds. The van der Waals surface area contributed by atoms with Crippen molar-refractivity contribution in [2.24, 2.45) is 0 Å². The van der Waals surface area contributed by atoms with Gasteiger partial charge in [-0.3, -0.25) is 0 Å². The molecule has 4 heteroatoms. The van der Waals surface area contributed by atoms with E-state index < -0.39 is 18.0 Å². The Morgan fingerprint density at radius 3 is 2.06 bits per heavy atom. The topological polar surface area (TPSA) is 52.6 Å². The first-order chi connectivity index (χ1) is 7.34. The number of esters is 2. The van der Waals surface area contributed by atoms with Gasteiger partial charge in [0.25, 0.3) is 0 Å². The highest BCUT2D eigenvalue weighted by Gasteiger charge is 2.07. The Kier molecular flexibility index (Phi) is 5.85. The Morgan fingerprint density at radius 1 is 1.12 bits per heavy atom. The van der Waals surface area contributed by atoms with Crippen LogP contribution < -0.4 is 0 Å². The highest BCUT2D eigenvalue weighted by atomic mass is 16.5. The molecule has 0 aromatic rings. The molecular formula is C12H16O4. The van der Waals surface area contributed by atoms with Gasteiger partial charge in [-0.25, -0.2) is 9.59 Å². The van der Waals surface area contributed by atoms with E-state index in [2.05, 4.69) is 17.9 Å². The van der Waals surface area contributed by atoms with Gasteiger partial charge in [0.05, 0.1) is 6.26 Å². The fourth-order valence-electron chi connectivity index (χ4n) is 0.621. The molecule has 0 aromatic heterocycles. The van der Waals surface area contributed by atoms with Crippen molar-refractivity contribution < 1.29 is 19.1 Å². The van der Waals surface area contributed by atoms with Crippen LogP contribution in [0.4, 0.5) is 0 Å². The lowest BCUT2D eigenvalue weighted by Gasteiger charge is -2.08. The van der Waals surface area contributed by atoms with Crippen molar-refractivity contribution in [3.63, 3.8) is 0 Å². The Bertz CT molecular complexity index is 339. The third-order valence-corrected chi connectivity index (χ3v) is 1.51. The van der Waals surface area contributed by atoms with Gasteiger partial charge in [-0.05, 0) is 26.8 Å². The maximum Gasteiger partial charge on any atom is 0.337 e. The summed E-state index contributed by atoms with van der Waals surface area (Å²) in [5, 5.41) is 0. The lowest BCUT2D eigenvalue weighted by Crippen LogP contribution is -2.13. The molecule has 0 bridgehead atoms. The molecule has 1 atom stereocenters. The lowest BCUT2D eigenvalue weighted by atomic mass is 10.3. The fourth-order valence-corrected chi connectivity index (χ4v) is 0.621. The van der Waals surface area contributed by atoms with Crippen LogP contribution in [-0.4, -0.2) is 18.0 Å². The van der Waals surface area contributed by atoms with Crippen LogP contribution in [-0.2, 0) is 19.1 Å². The molecule has 0 radical (unpaired) electrons. The molecule has 0 saturated heterocycles. The van der Waals surface area contributed by atoms with Gasteiger partial charge in [0, 0.05) is 11.1 Å². The summed E-state index contributed by atoms with van der Waals surface area (Å²) in [7, 11) is 0. The fraction of sp³-hybridized carbons (Fsp3) is 0.333. The van der Waals surface area contributed by atoms with Gasteiger partial charge in [0.2, 0.25) is 0 Å². The van der Waals surface area contributed by atoms with Gasteiger partial charge in [-0.1, -0.05) is 13.2 Å². The van der Waals surface area contributed by atoms with E-state index in [-0.39, 0.29) is 0 Å². The van der Waals surface area contributed by atoms with E-state index in [1.165, 1.54) is 12.3 Å². The van der Waals surface area contributed by atoms with E-state index in [1.54, 1.807) is 20.8 Å². The quantitative estimate of drug-likeness (QED) is 0.408. The van der Waals surface area contributed by atoms with Crippen LogP contribution in [0, 0.1) is 0 Å². The van der Waals surface area contributed by atoms with Crippen molar-refractivity contribution >= 4 is 11.9 Å². The second-order valence-corrected chi connectivity index (χ2v) is 3.40. The Hall–Kier alpha value is -1.84. The maximum absolute atomic E-state index is 11.1. The highest BCUT2D eigenvalue weighted by Crippen LogP contribution is 2.00. The van der Waals surface area contributed by atoms with Gasteiger partial charge < -0.3 is 9.47 Å². The standard InChI is InChI=1S/C12H16O4/c1-8(2)11(13)15-7-6-10(5)16-12(14)9(3)4/h6-7,10H,1,3H2,2,4-5H3/b7-6+. The Morgan fingerprint density at radius 2 is 1.62 bits per heavy atom. The molecular weight excluding hydrogens is 208 g/mol. The molecule has 0 rings (SSSR count). The first-order valence-electron chi connectivity index (χ1n) is 4.74. The minimum absolute atomic E-state index is 0.302. The predicted octanol–water partition coefficient (Wildman–Crippen LogP) is 2.13. The van der Waals surface area contributed by atoms with E-state index in [1.807, 2.05) is 0 Å². The summed E-state index contributed by atoms with van der Waals surface area (Å²) in [6.07, 6.45) is 2.14. The third-order valence-electron chi connectivity index (χ3n) is 1.51. The number of hydrogen-bond donors (Lipinski definition) is 0. The monoisotopic (exact) mass is 224 g/mol. The molecule has 0 saturated carbocycles. The molecule has 88 valence electrons. The van der Waals surface area contributed by atoms with Gasteiger partial charge in [-0.2, -0.15) is 0 Å². The molecule has 0 fully saturated rings. The summed E-state index contributed by atoms with van der Waals surface area (Å²) in [4.78, 5) is 22.0. The number of ether oxygens (including phenoxy) is 2. The van der Waals surface area contributed by atoms with Crippen LogP contribution in [0.5, 0.6) is 0 Å². The molecule has 16 heavy (non-hydrogen) atoms. The zero-order valence-corrected chi connectivity index (χ0v) is 9.78. The summed E-state index contributed by atoms with van der Waals surface area (Å²) in [6.45, 7) is 11.6. The largest absolute Gasteiger partial charge is 0.455 e. The molecule has 0 aliphatic heterocycles. The van der Waals surface area contributed by atoms with E-state index >= 15 is 0 Å². The summed E-state index contributed by atoms with van der Waals surface area (Å²) < 4.78 is 9.60. The number of rotatable bonds is 5. The normalized spacial score (nSPS) is 11.9. The second-order valence-electron chi connectivity index (χ2n) is 3.40. The van der Waals surface area contributed by atoms with Crippen molar-refractivity contribution in [3.8, 4) is 0 Å². The second kappa shape index (κ2) is 6.61. The molecule has 0 spiro atoms. The van der Waals surface area contributed by atoms with Crippen LogP contribution in [0.25, 0.3) is 0 Å². The molecule has 1 unspecified atom stereocenters. The van der Waals surface area contributed by atoms with Crippen molar-refractivity contribution in [2.45, 2.75) is 26.9 Å². The number of carbonyl (C=O) groups is 2. The van der Waals surface area contributed by atoms with Gasteiger partial charge in [0.1, 0.15) is 6.10 Å². The SMILES string of the molecule is C=C(C)C(=O)O/C=C/C(C)OC(=O)C(=C)C. The summed E-state index contributed by atoms with van der Waals surface area (Å²) in [5.41, 5.74) is 0.621. The Labute approximate surface area is 95.2 Å². The maximum atomic E-state index is 11.1. The first kappa shape index (κ1) is 14.2. The number of carbonyl (C=O) groups excluding carboxylic acids is 2. The van der Waals surface area contributed by atoms with Crippen LogP contribution >= 0.6 is 0 Å². The molecule has 0 N–H and O–H groups in total. The van der Waals surface area contributed by atoms with Crippen molar-refractivity contribution in [1.29, 1.82) is 0 Å². The van der Waals surface area contributed by atoms with E-state index in [9.17, 15) is 9.59 Å². The van der Waals surface area contributed by atoms with Crippen molar-refractivity contribution in [1.82, 2.24) is 0 Å². The zero-order valence-electron chi connectivity index (χ0n) is 9.78. The van der Waals surface area contributed by atoms with Crippen LogP contribution in [0.2, 0.25) is 0 Å². The summed E-state index contributed by atoms with van der Waals surface area (Å²) >= 11 is 0. The lowest BCUT2D eigenvalue weighted by molar-refractivity contribution is -0.141. The van der Waals surface area contributed by atoms with Crippen LogP contribution in [0.1, 0.15) is 20.8 Å². The third kappa shape index (κ3) is 5.80. The average Bonchev–Trinajstić information content (AvgIpc) is 2.16. The number of hydrogen-bond acceptors (Lipinski definition) is 4. The van der Waals surface area contributed by atoms with Crippen LogP contribution in [0.3, 0.4) is 0 Å². The molecule has 0 aliphatic carbocycles. The van der Waals surface area contributed by atoms with Crippen molar-refractivity contribution in [3.05, 3.63) is 36.6 Å². The minimum atomic E-state index is -0.519. The zero-order chi connectivity index (χ0) is 12.7. The van der Waals surface area contributed by atoms with E-state index in [0.717, 1.165) is 0 Å². The van der Waals surface area contributed by atoms with Gasteiger partial charge >= 0.3 is 11.9 Å². The highest BCUT2D eigenvalue weighted by molar-refractivity contribution is 5.87. The smallest absolute Gasteiger partial charge is 0.337 e. The average molecular weight is 224 g/mol. The van der Waals surface area contributed by atoms with E-state index in [4.69, 9.17) is 4.74 Å². The van der Waals surface area contributed by atoms with Gasteiger partial charge in [0.15, 0.2) is 0 Å². The molecule has 0 aromatic carbocycles. The first-order valence-corrected chi connectivity index (χ1v) is 4.74. The molecule has 4 nitrogen and oxygen atoms in total. The molecule has 0 aliphatic rings. The Balaban J connectivity index is 4.05. The predicted molar refractivity (Wildman–Crippen MR) is 60.4 cm³/mol. The van der Waals surface area contributed by atoms with Gasteiger partial charge in [-0.15, -0.1) is 0 Å². The van der Waals surface area contributed by atoms with Crippen molar-refractivity contribution in [2.75, 3.05) is 0 Å². The summed E-state index contributed by atoms with van der Waals surface area (Å²) in [6, 6.07) is 0. The van der Waals surface area contributed by atoms with Crippen LogP contribution in [0.15, 0.2) is 36.6 Å². The van der Waals surface area contributed by atoms with E-state index in [0.29, 0.717) is 11.1 Å². The molecule has 0 heterocycles. The summed E-state index contributed by atoms with van der Waals surface area (Å²) in [5.74, 6) is -1.00. The minimum Gasteiger partial charge on any atom is -0.455 e.